The molecule has 0 saturated heterocycles. The number of nitrogens with zero attached hydrogens (tertiary/aromatic N) is 1. The Morgan fingerprint density at radius 2 is 1.50 bits per heavy atom. The highest BCUT2D eigenvalue weighted by atomic mass is 32.2. The van der Waals surface area contributed by atoms with E-state index in [0.717, 1.165) is 0 Å². The van der Waals surface area contributed by atoms with Crippen LogP contribution in [0.5, 0.6) is 0 Å². The molecule has 0 aliphatic heterocycles. The van der Waals surface area contributed by atoms with E-state index in [4.69, 9.17) is 19.6 Å². The molecule has 0 aromatic carbocycles. The number of rotatable bonds is 4. The van der Waals surface area contributed by atoms with Gasteiger partial charge in [-0.2, -0.15) is 0 Å². The molecule has 0 heterocycles. The second-order valence-electron chi connectivity index (χ2n) is 1.70. The van der Waals surface area contributed by atoms with Crippen LogP contribution in [-0.4, -0.2) is 29.2 Å². The molecule has 0 amide bonds. The van der Waals surface area contributed by atoms with Crippen LogP contribution in [0, 0.1) is 0 Å². The summed E-state index contributed by atoms with van der Waals surface area (Å²) in [5, 5.41) is 0. The molecule has 12 heavy (non-hydrogen) atoms. The van der Waals surface area contributed by atoms with Crippen LogP contribution in [0.2, 0.25) is 0 Å². The van der Waals surface area contributed by atoms with Crippen LogP contribution in [0.1, 0.15) is 6.92 Å². The van der Waals surface area contributed by atoms with Crippen molar-refractivity contribution in [1.29, 1.82) is 0 Å². The first-order chi connectivity index (χ1) is 5.19. The van der Waals surface area contributed by atoms with Gasteiger partial charge in [0.2, 0.25) is 0 Å². The summed E-state index contributed by atoms with van der Waals surface area (Å²) in [6, 6.07) is 0. The van der Waals surface area contributed by atoms with Crippen molar-refractivity contribution in [3.63, 3.8) is 0 Å². The quantitative estimate of drug-likeness (QED) is 0.402. The maximum absolute atomic E-state index is 10.5. The molecule has 0 saturated carbocycles. The fourth-order valence-corrected chi connectivity index (χ4v) is 3.76. The first kappa shape index (κ1) is 12.6. The van der Waals surface area contributed by atoms with Gasteiger partial charge >= 0.3 is 15.5 Å². The fraction of sp³-hybridized carbons (Fsp3) is 1.00. The van der Waals surface area contributed by atoms with Gasteiger partial charge in [0.05, 0.1) is 0 Å². The number of hydrogen-bond donors (Lipinski definition) is 4. The SMILES string of the molecule is CCSN(P(=O)(O)O)P(=O)(O)O. The van der Waals surface area contributed by atoms with E-state index in [9.17, 15) is 9.13 Å². The summed E-state index contributed by atoms with van der Waals surface area (Å²) < 4.78 is 20.8. The first-order valence-corrected chi connectivity index (χ1v) is 6.82. The highest BCUT2D eigenvalue weighted by Crippen LogP contribution is 2.62. The van der Waals surface area contributed by atoms with E-state index < -0.39 is 15.5 Å². The van der Waals surface area contributed by atoms with E-state index in [0.29, 0.717) is 11.9 Å². The summed E-state index contributed by atoms with van der Waals surface area (Å²) in [7, 11) is -9.76. The molecule has 74 valence electrons. The fourth-order valence-electron chi connectivity index (χ4n) is 0.418. The predicted octanol–water partition coefficient (Wildman–Crippen LogP) is 0.142. The van der Waals surface area contributed by atoms with E-state index in [1.165, 1.54) is 6.92 Å². The van der Waals surface area contributed by atoms with Crippen molar-refractivity contribution in [2.45, 2.75) is 6.92 Å². The maximum atomic E-state index is 10.5. The monoisotopic (exact) mass is 237 g/mol. The average Bonchev–Trinajstić information content (AvgIpc) is 1.77. The second-order valence-corrected chi connectivity index (χ2v) is 6.61. The summed E-state index contributed by atoms with van der Waals surface area (Å²) in [5.74, 6) is 0.163. The molecule has 0 aromatic heterocycles. The molecule has 0 unspecified atom stereocenters. The third-order valence-corrected chi connectivity index (χ3v) is 5.44. The Kier molecular flexibility index (Phi) is 4.43. The van der Waals surface area contributed by atoms with Gasteiger partial charge in [0.25, 0.3) is 0 Å². The largest absolute Gasteiger partial charge is 0.422 e. The molecule has 0 spiro atoms. The van der Waals surface area contributed by atoms with Crippen molar-refractivity contribution in [2.24, 2.45) is 0 Å². The summed E-state index contributed by atoms with van der Waals surface area (Å²) in [5.41, 5.74) is 0. The zero-order chi connectivity index (χ0) is 9.99. The smallest absolute Gasteiger partial charge is 0.312 e. The van der Waals surface area contributed by atoms with Gasteiger partial charge in [-0.15, -0.1) is 0 Å². The lowest BCUT2D eigenvalue weighted by Gasteiger charge is -2.20. The standard InChI is InChI=1S/C2H9NO6P2S/c1-2-12-3(10(4,5)6)11(7,8)9/h2H2,1H3,(H2,4,5,6)(H2,7,8,9). The lowest BCUT2D eigenvalue weighted by Crippen LogP contribution is -2.08. The molecule has 0 fully saturated rings. The molecule has 0 radical (unpaired) electrons. The molecular weight excluding hydrogens is 228 g/mol. The molecule has 0 aliphatic rings. The van der Waals surface area contributed by atoms with Crippen molar-refractivity contribution < 1.29 is 28.7 Å². The van der Waals surface area contributed by atoms with Gasteiger partial charge in [-0.3, -0.25) is 0 Å². The molecule has 4 N–H and O–H groups in total. The zero-order valence-electron chi connectivity index (χ0n) is 6.06. The summed E-state index contributed by atoms with van der Waals surface area (Å²) in [6.45, 7) is 1.52. The van der Waals surface area contributed by atoms with E-state index in [1.807, 2.05) is 0 Å². The van der Waals surface area contributed by atoms with Crippen LogP contribution in [0.3, 0.4) is 0 Å². The lowest BCUT2D eigenvalue weighted by atomic mass is 11.0. The Morgan fingerprint density at radius 3 is 1.58 bits per heavy atom. The molecule has 7 nitrogen and oxygen atoms in total. The Morgan fingerprint density at radius 1 is 1.17 bits per heavy atom. The Bertz CT molecular complexity index is 210. The molecule has 10 heteroatoms. The van der Waals surface area contributed by atoms with E-state index in [2.05, 4.69) is 0 Å². The van der Waals surface area contributed by atoms with E-state index in [-0.39, 0.29) is 9.60 Å². The van der Waals surface area contributed by atoms with Crippen LogP contribution in [-0.2, 0) is 9.13 Å². The first-order valence-electron chi connectivity index (χ1n) is 2.74. The van der Waals surface area contributed by atoms with Gasteiger partial charge in [-0.05, 0) is 0 Å². The number of hydrogen-bond acceptors (Lipinski definition) is 3. The highest BCUT2D eigenvalue weighted by molar-refractivity contribution is 8.06. The van der Waals surface area contributed by atoms with E-state index in [1.54, 1.807) is 0 Å². The van der Waals surface area contributed by atoms with Crippen LogP contribution >= 0.6 is 27.4 Å². The molecule has 0 atom stereocenters. The van der Waals surface area contributed by atoms with Crippen molar-refractivity contribution in [1.82, 2.24) is 3.85 Å². The van der Waals surface area contributed by atoms with Gasteiger partial charge < -0.3 is 19.6 Å². The van der Waals surface area contributed by atoms with Crippen molar-refractivity contribution >= 4 is 27.4 Å². The van der Waals surface area contributed by atoms with Crippen LogP contribution in [0.15, 0.2) is 0 Å². The minimum absolute atomic E-state index is 0.163. The Hall–Kier alpha value is 0.610. The molecule has 0 aromatic rings. The molecule has 0 bridgehead atoms. The third kappa shape index (κ3) is 4.02. The molecular formula is C2H9NO6P2S. The van der Waals surface area contributed by atoms with Gasteiger partial charge in [0.1, 0.15) is 0 Å². The summed E-state index contributed by atoms with van der Waals surface area (Å²) >= 11 is 0.397. The molecule has 0 rings (SSSR count). The maximum Gasteiger partial charge on any atom is 0.422 e. The van der Waals surface area contributed by atoms with Gasteiger partial charge in [-0.25, -0.2) is 9.13 Å². The minimum Gasteiger partial charge on any atom is -0.312 e. The summed E-state index contributed by atoms with van der Waals surface area (Å²) in [6.07, 6.45) is 0. The Balaban J connectivity index is 4.70. The van der Waals surface area contributed by atoms with Crippen LogP contribution in [0.25, 0.3) is 0 Å². The highest BCUT2D eigenvalue weighted by Gasteiger charge is 2.40. The van der Waals surface area contributed by atoms with Gasteiger partial charge in [-0.1, -0.05) is 22.7 Å². The normalized spacial score (nSPS) is 13.8. The van der Waals surface area contributed by atoms with Crippen LogP contribution < -0.4 is 0 Å². The minimum atomic E-state index is -4.88. The zero-order valence-corrected chi connectivity index (χ0v) is 8.67. The van der Waals surface area contributed by atoms with Crippen LogP contribution in [0.4, 0.5) is 0 Å². The average molecular weight is 237 g/mol. The third-order valence-electron chi connectivity index (χ3n) is 0.690. The topological polar surface area (TPSA) is 118 Å². The summed E-state index contributed by atoms with van der Waals surface area (Å²) in [4.78, 5) is 33.9. The van der Waals surface area contributed by atoms with Crippen molar-refractivity contribution in [3.8, 4) is 0 Å². The predicted molar refractivity (Wildman–Crippen MR) is 44.1 cm³/mol. The second kappa shape index (κ2) is 4.21. The van der Waals surface area contributed by atoms with Gasteiger partial charge in [0, 0.05) is 5.75 Å². The van der Waals surface area contributed by atoms with Crippen molar-refractivity contribution in [3.05, 3.63) is 0 Å². The molecule has 0 aliphatic carbocycles. The van der Waals surface area contributed by atoms with Gasteiger partial charge in [0.15, 0.2) is 0 Å². The Labute approximate surface area is 73.3 Å². The lowest BCUT2D eigenvalue weighted by molar-refractivity contribution is 0.310. The van der Waals surface area contributed by atoms with E-state index >= 15 is 0 Å². The van der Waals surface area contributed by atoms with Crippen molar-refractivity contribution in [2.75, 3.05) is 5.75 Å².